The van der Waals surface area contributed by atoms with E-state index < -0.39 is 0 Å². The minimum atomic E-state index is -0.389. The first-order valence-electron chi connectivity index (χ1n) is 7.93. The summed E-state index contributed by atoms with van der Waals surface area (Å²) in [6.45, 7) is 2.03. The van der Waals surface area contributed by atoms with Crippen molar-refractivity contribution in [2.24, 2.45) is 0 Å². The van der Waals surface area contributed by atoms with Crippen LogP contribution in [0.5, 0.6) is 0 Å². The Kier molecular flexibility index (Phi) is 4.91. The maximum Gasteiger partial charge on any atom is 0.337 e. The Labute approximate surface area is 141 Å². The average molecular weight is 324 g/mol. The first-order valence-corrected chi connectivity index (χ1v) is 7.93. The number of esters is 1. The Balaban J connectivity index is 1.55. The summed E-state index contributed by atoms with van der Waals surface area (Å²) in [7, 11) is 1.34. The lowest BCUT2D eigenvalue weighted by atomic mass is 10.00. The molecule has 1 aliphatic heterocycles. The van der Waals surface area contributed by atoms with E-state index in [1.165, 1.54) is 18.2 Å². The lowest BCUT2D eigenvalue weighted by molar-refractivity contribution is -0.117. The molecule has 0 atom stereocenters. The molecular weight excluding hydrogens is 304 g/mol. The molecule has 3 rings (SSSR count). The number of methoxy groups -OCH3 is 1. The minimum absolute atomic E-state index is 0.0554. The average Bonchev–Trinajstić information content (AvgIpc) is 2.61. The van der Waals surface area contributed by atoms with Crippen LogP contribution >= 0.6 is 0 Å². The third-order valence-corrected chi connectivity index (χ3v) is 4.17. The second-order valence-corrected chi connectivity index (χ2v) is 5.85. The second kappa shape index (κ2) is 7.27. The first kappa shape index (κ1) is 16.2. The van der Waals surface area contributed by atoms with Gasteiger partial charge in [0, 0.05) is 18.8 Å². The zero-order valence-electron chi connectivity index (χ0n) is 13.6. The van der Waals surface area contributed by atoms with Crippen LogP contribution in [0.1, 0.15) is 21.5 Å². The lowest BCUT2D eigenvalue weighted by Gasteiger charge is -2.28. The van der Waals surface area contributed by atoms with Crippen LogP contribution < -0.4 is 5.32 Å². The van der Waals surface area contributed by atoms with E-state index in [1.807, 2.05) is 6.07 Å². The quantitative estimate of drug-likeness (QED) is 0.878. The molecule has 24 heavy (non-hydrogen) atoms. The molecule has 1 amide bonds. The van der Waals surface area contributed by atoms with Crippen molar-refractivity contribution in [3.05, 3.63) is 65.2 Å². The Morgan fingerprint density at radius 3 is 2.50 bits per heavy atom. The molecule has 2 aromatic carbocycles. The summed E-state index contributed by atoms with van der Waals surface area (Å²) in [5.74, 6) is -0.444. The highest BCUT2D eigenvalue weighted by atomic mass is 16.5. The number of carbonyl (C=O) groups excluding carboxylic acids is 2. The van der Waals surface area contributed by atoms with E-state index in [9.17, 15) is 9.59 Å². The molecule has 0 saturated carbocycles. The molecular formula is C19H20N2O3. The van der Waals surface area contributed by atoms with Crippen molar-refractivity contribution in [3.8, 4) is 0 Å². The second-order valence-electron chi connectivity index (χ2n) is 5.85. The third-order valence-electron chi connectivity index (χ3n) is 4.17. The van der Waals surface area contributed by atoms with Gasteiger partial charge in [0.2, 0.25) is 5.91 Å². The number of ether oxygens (including phenoxy) is 1. The monoisotopic (exact) mass is 324 g/mol. The number of anilines is 1. The van der Waals surface area contributed by atoms with E-state index in [4.69, 9.17) is 0 Å². The molecule has 0 bridgehead atoms. The molecule has 0 aliphatic carbocycles. The highest BCUT2D eigenvalue weighted by molar-refractivity contribution is 5.94. The van der Waals surface area contributed by atoms with E-state index in [-0.39, 0.29) is 11.9 Å². The Hall–Kier alpha value is -2.66. The van der Waals surface area contributed by atoms with Crippen LogP contribution in [0.4, 0.5) is 5.69 Å². The standard InChI is InChI=1S/C19H20N2O3/c1-24-19(23)15-6-8-17(9-7-15)20-18(22)13-21-11-10-14-4-2-3-5-16(14)12-21/h2-9H,10-13H2,1H3,(H,20,22). The Morgan fingerprint density at radius 2 is 1.79 bits per heavy atom. The van der Waals surface area contributed by atoms with Gasteiger partial charge < -0.3 is 10.1 Å². The molecule has 0 spiro atoms. The normalized spacial score (nSPS) is 13.9. The van der Waals surface area contributed by atoms with E-state index >= 15 is 0 Å². The number of nitrogens with zero attached hydrogens (tertiary/aromatic N) is 1. The summed E-state index contributed by atoms with van der Waals surface area (Å²) in [4.78, 5) is 25.8. The zero-order valence-corrected chi connectivity index (χ0v) is 13.6. The molecule has 5 nitrogen and oxygen atoms in total. The smallest absolute Gasteiger partial charge is 0.337 e. The number of benzene rings is 2. The molecule has 1 heterocycles. The topological polar surface area (TPSA) is 58.6 Å². The Bertz CT molecular complexity index is 741. The van der Waals surface area contributed by atoms with Crippen LogP contribution in [0.2, 0.25) is 0 Å². The van der Waals surface area contributed by atoms with Crippen LogP contribution in [0.3, 0.4) is 0 Å². The van der Waals surface area contributed by atoms with Gasteiger partial charge in [-0.1, -0.05) is 24.3 Å². The van der Waals surface area contributed by atoms with E-state index in [0.29, 0.717) is 17.8 Å². The molecule has 0 radical (unpaired) electrons. The number of fused-ring (bicyclic) bond motifs is 1. The minimum Gasteiger partial charge on any atom is -0.465 e. The molecule has 0 fully saturated rings. The number of amides is 1. The summed E-state index contributed by atoms with van der Waals surface area (Å²) < 4.78 is 4.65. The number of rotatable bonds is 4. The third kappa shape index (κ3) is 3.81. The van der Waals surface area contributed by atoms with Crippen LogP contribution in [-0.4, -0.2) is 37.0 Å². The van der Waals surface area contributed by atoms with Gasteiger partial charge in [0.1, 0.15) is 0 Å². The molecule has 0 unspecified atom stereocenters. The van der Waals surface area contributed by atoms with Crippen molar-refractivity contribution in [2.75, 3.05) is 25.5 Å². The van der Waals surface area contributed by atoms with Crippen molar-refractivity contribution in [1.82, 2.24) is 4.90 Å². The van der Waals surface area contributed by atoms with Crippen molar-refractivity contribution >= 4 is 17.6 Å². The Morgan fingerprint density at radius 1 is 1.08 bits per heavy atom. The van der Waals surface area contributed by atoms with Gasteiger partial charge in [-0.2, -0.15) is 0 Å². The fraction of sp³-hybridized carbons (Fsp3) is 0.263. The number of nitrogens with one attached hydrogen (secondary N) is 1. The van der Waals surface area contributed by atoms with Gasteiger partial charge in [-0.25, -0.2) is 4.79 Å². The molecule has 5 heteroatoms. The molecule has 1 N–H and O–H groups in total. The van der Waals surface area contributed by atoms with Crippen LogP contribution in [0, 0.1) is 0 Å². The highest BCUT2D eigenvalue weighted by Crippen LogP contribution is 2.18. The maximum atomic E-state index is 12.2. The SMILES string of the molecule is COC(=O)c1ccc(NC(=O)CN2CCc3ccccc3C2)cc1. The molecule has 0 saturated heterocycles. The van der Waals surface area contributed by atoms with Crippen LogP contribution in [-0.2, 0) is 22.5 Å². The summed E-state index contributed by atoms with van der Waals surface area (Å²) in [5.41, 5.74) is 3.79. The largest absolute Gasteiger partial charge is 0.465 e. The number of carbonyl (C=O) groups is 2. The van der Waals surface area contributed by atoms with Gasteiger partial charge in [-0.05, 0) is 41.8 Å². The van der Waals surface area contributed by atoms with Gasteiger partial charge in [0.25, 0.3) is 0 Å². The van der Waals surface area contributed by atoms with Crippen molar-refractivity contribution in [3.63, 3.8) is 0 Å². The summed E-state index contributed by atoms with van der Waals surface area (Å²) >= 11 is 0. The van der Waals surface area contributed by atoms with Gasteiger partial charge >= 0.3 is 5.97 Å². The van der Waals surface area contributed by atoms with E-state index in [0.717, 1.165) is 19.5 Å². The first-order chi connectivity index (χ1) is 11.7. The highest BCUT2D eigenvalue weighted by Gasteiger charge is 2.18. The molecule has 0 aromatic heterocycles. The predicted molar refractivity (Wildman–Crippen MR) is 91.8 cm³/mol. The number of hydrogen-bond acceptors (Lipinski definition) is 4. The van der Waals surface area contributed by atoms with Gasteiger partial charge in [0.15, 0.2) is 0 Å². The fourth-order valence-electron chi connectivity index (χ4n) is 2.90. The zero-order chi connectivity index (χ0) is 16.9. The maximum absolute atomic E-state index is 12.2. The van der Waals surface area contributed by atoms with Gasteiger partial charge in [0.05, 0.1) is 19.2 Å². The van der Waals surface area contributed by atoms with Crippen molar-refractivity contribution in [2.45, 2.75) is 13.0 Å². The molecule has 124 valence electrons. The summed E-state index contributed by atoms with van der Waals surface area (Å²) in [6.07, 6.45) is 0.970. The van der Waals surface area contributed by atoms with E-state index in [1.54, 1.807) is 24.3 Å². The van der Waals surface area contributed by atoms with Crippen LogP contribution in [0.25, 0.3) is 0 Å². The van der Waals surface area contributed by atoms with E-state index in [2.05, 4.69) is 33.2 Å². The van der Waals surface area contributed by atoms with Crippen molar-refractivity contribution in [1.29, 1.82) is 0 Å². The van der Waals surface area contributed by atoms with Gasteiger partial charge in [-0.15, -0.1) is 0 Å². The lowest BCUT2D eigenvalue weighted by Crippen LogP contribution is -2.37. The molecule has 2 aromatic rings. The number of hydrogen-bond donors (Lipinski definition) is 1. The van der Waals surface area contributed by atoms with Gasteiger partial charge in [-0.3, -0.25) is 9.69 Å². The van der Waals surface area contributed by atoms with Crippen LogP contribution in [0.15, 0.2) is 48.5 Å². The summed E-state index contributed by atoms with van der Waals surface area (Å²) in [6, 6.07) is 15.0. The fourth-order valence-corrected chi connectivity index (χ4v) is 2.90. The molecule has 1 aliphatic rings. The van der Waals surface area contributed by atoms with Crippen molar-refractivity contribution < 1.29 is 14.3 Å². The summed E-state index contributed by atoms with van der Waals surface area (Å²) in [5, 5.41) is 2.86. The predicted octanol–water partition coefficient (Wildman–Crippen LogP) is 2.47.